The van der Waals surface area contributed by atoms with Crippen molar-refractivity contribution in [1.29, 1.82) is 0 Å². The van der Waals surface area contributed by atoms with Crippen molar-refractivity contribution in [2.75, 3.05) is 10.6 Å². The van der Waals surface area contributed by atoms with Crippen molar-refractivity contribution in [3.05, 3.63) is 114 Å². The van der Waals surface area contributed by atoms with E-state index < -0.39 is 0 Å². The summed E-state index contributed by atoms with van der Waals surface area (Å²) >= 11 is 1.63. The lowest BCUT2D eigenvalue weighted by atomic mass is 10.1. The molecule has 2 aromatic carbocycles. The molecule has 0 aliphatic carbocycles. The van der Waals surface area contributed by atoms with E-state index in [0.29, 0.717) is 0 Å². The van der Waals surface area contributed by atoms with Gasteiger partial charge in [0.1, 0.15) is 11.3 Å². The second kappa shape index (κ2) is 9.40. The van der Waals surface area contributed by atoms with Gasteiger partial charge in [-0.3, -0.25) is 4.40 Å². The molecule has 37 heavy (non-hydrogen) atoms. The monoisotopic (exact) mass is 503 g/mol. The number of pyridine rings is 1. The van der Waals surface area contributed by atoms with Gasteiger partial charge < -0.3 is 10.6 Å². The zero-order chi connectivity index (χ0) is 25.4. The maximum atomic E-state index is 4.85. The largest absolute Gasteiger partial charge is 0.339 e. The number of hydrogen-bond acceptors (Lipinski definition) is 6. The van der Waals surface area contributed by atoms with Crippen LogP contribution < -0.4 is 10.6 Å². The molecule has 4 heterocycles. The van der Waals surface area contributed by atoms with Gasteiger partial charge in [0.25, 0.3) is 0 Å². The standard InChI is InChI=1S/C29H25N7S/c1-19-18-36(24-9-5-4-6-10-24)34-28(19)31-20(2)22-12-14-23(15-13-22)32-29-33-27(21(3)37-29)25-17-30-26-11-7-8-16-35(25)26/h4-18H,2H2,1,3H3,(H,31,34)(H,32,33). The number of para-hydroxylation sites is 1. The van der Waals surface area contributed by atoms with Crippen molar-refractivity contribution in [3.63, 3.8) is 0 Å². The molecule has 6 aromatic rings. The summed E-state index contributed by atoms with van der Waals surface area (Å²) in [6, 6.07) is 24.2. The number of nitrogens with one attached hydrogen (secondary N) is 2. The van der Waals surface area contributed by atoms with E-state index in [9.17, 15) is 0 Å². The molecule has 2 N–H and O–H groups in total. The van der Waals surface area contributed by atoms with Crippen LogP contribution in [-0.4, -0.2) is 24.1 Å². The van der Waals surface area contributed by atoms with Gasteiger partial charge in [-0.25, -0.2) is 14.6 Å². The predicted molar refractivity (Wildman–Crippen MR) is 152 cm³/mol. The van der Waals surface area contributed by atoms with Gasteiger partial charge in [0.2, 0.25) is 0 Å². The number of imidazole rings is 1. The predicted octanol–water partition coefficient (Wildman–Crippen LogP) is 7.09. The fourth-order valence-electron chi connectivity index (χ4n) is 4.19. The number of fused-ring (bicyclic) bond motifs is 1. The molecule has 0 fully saturated rings. The Balaban J connectivity index is 1.16. The van der Waals surface area contributed by atoms with E-state index in [0.717, 1.165) is 61.1 Å². The number of anilines is 3. The molecule has 0 unspecified atom stereocenters. The van der Waals surface area contributed by atoms with E-state index in [2.05, 4.69) is 38.6 Å². The Labute approximate surface area is 218 Å². The fourth-order valence-corrected chi connectivity index (χ4v) is 5.03. The molecule has 8 heteroatoms. The number of rotatable bonds is 7. The first-order chi connectivity index (χ1) is 18.0. The Morgan fingerprint density at radius 2 is 1.73 bits per heavy atom. The summed E-state index contributed by atoms with van der Waals surface area (Å²) in [4.78, 5) is 10.5. The topological polar surface area (TPSA) is 72.1 Å². The first-order valence-electron chi connectivity index (χ1n) is 11.9. The molecule has 0 aliphatic heterocycles. The summed E-state index contributed by atoms with van der Waals surface area (Å²) in [6.45, 7) is 8.34. The summed E-state index contributed by atoms with van der Waals surface area (Å²) in [7, 11) is 0. The molecule has 6 rings (SSSR count). The summed E-state index contributed by atoms with van der Waals surface area (Å²) < 4.78 is 3.93. The Hall–Kier alpha value is -4.69. The van der Waals surface area contributed by atoms with Gasteiger partial charge in [-0.2, -0.15) is 0 Å². The van der Waals surface area contributed by atoms with Crippen LogP contribution in [0.5, 0.6) is 0 Å². The van der Waals surface area contributed by atoms with Crippen LogP contribution in [0.2, 0.25) is 0 Å². The molecule has 7 nitrogen and oxygen atoms in total. The highest BCUT2D eigenvalue weighted by Gasteiger charge is 2.14. The third kappa shape index (κ3) is 4.50. The number of benzene rings is 2. The van der Waals surface area contributed by atoms with Crippen LogP contribution in [0, 0.1) is 13.8 Å². The molecule has 182 valence electrons. The Morgan fingerprint density at radius 1 is 0.946 bits per heavy atom. The zero-order valence-electron chi connectivity index (χ0n) is 20.5. The van der Waals surface area contributed by atoms with Gasteiger partial charge in [0.05, 0.1) is 17.6 Å². The van der Waals surface area contributed by atoms with Crippen LogP contribution in [0.15, 0.2) is 98.0 Å². The van der Waals surface area contributed by atoms with Crippen LogP contribution in [-0.2, 0) is 0 Å². The number of nitrogens with zero attached hydrogens (tertiary/aromatic N) is 5. The first kappa shape index (κ1) is 22.8. The second-order valence-electron chi connectivity index (χ2n) is 8.74. The van der Waals surface area contributed by atoms with Crippen molar-refractivity contribution >= 4 is 39.3 Å². The minimum Gasteiger partial charge on any atom is -0.339 e. The maximum absolute atomic E-state index is 4.85. The van der Waals surface area contributed by atoms with Crippen LogP contribution in [0.4, 0.5) is 16.6 Å². The fraction of sp³-hybridized carbons (Fsp3) is 0.0690. The maximum Gasteiger partial charge on any atom is 0.188 e. The molecule has 0 amide bonds. The first-order valence-corrected chi connectivity index (χ1v) is 12.7. The minimum absolute atomic E-state index is 0.785. The van der Waals surface area contributed by atoms with E-state index in [1.165, 1.54) is 0 Å². The highest BCUT2D eigenvalue weighted by molar-refractivity contribution is 7.16. The van der Waals surface area contributed by atoms with Crippen molar-refractivity contribution < 1.29 is 0 Å². The average molecular weight is 504 g/mol. The summed E-state index contributed by atoms with van der Waals surface area (Å²) in [5.41, 5.74) is 7.62. The molecular weight excluding hydrogens is 478 g/mol. The van der Waals surface area contributed by atoms with Gasteiger partial charge in [-0.15, -0.1) is 16.4 Å². The Kier molecular flexibility index (Phi) is 5.78. The lowest BCUT2D eigenvalue weighted by Crippen LogP contribution is -2.01. The van der Waals surface area contributed by atoms with Crippen LogP contribution in [0.1, 0.15) is 16.0 Å². The van der Waals surface area contributed by atoms with Gasteiger partial charge in [0.15, 0.2) is 10.9 Å². The summed E-state index contributed by atoms with van der Waals surface area (Å²) in [6.07, 6.45) is 5.89. The van der Waals surface area contributed by atoms with Crippen LogP contribution >= 0.6 is 11.3 Å². The van der Waals surface area contributed by atoms with E-state index in [-0.39, 0.29) is 0 Å². The number of aromatic nitrogens is 5. The molecule has 0 saturated carbocycles. The van der Waals surface area contributed by atoms with Crippen molar-refractivity contribution in [2.24, 2.45) is 0 Å². The van der Waals surface area contributed by atoms with Crippen LogP contribution in [0.3, 0.4) is 0 Å². The van der Waals surface area contributed by atoms with E-state index in [1.807, 2.05) is 103 Å². The van der Waals surface area contributed by atoms with Gasteiger partial charge >= 0.3 is 0 Å². The molecule has 0 aliphatic rings. The highest BCUT2D eigenvalue weighted by atomic mass is 32.1. The number of thiazole rings is 1. The molecule has 4 aromatic heterocycles. The lowest BCUT2D eigenvalue weighted by Gasteiger charge is -2.10. The molecular formula is C29H25N7S. The second-order valence-corrected chi connectivity index (χ2v) is 9.95. The molecule has 0 atom stereocenters. The normalized spacial score (nSPS) is 11.1. The molecule has 0 radical (unpaired) electrons. The third-order valence-electron chi connectivity index (χ3n) is 6.13. The average Bonchev–Trinajstić information content (AvgIpc) is 3.61. The smallest absolute Gasteiger partial charge is 0.188 e. The Bertz CT molecular complexity index is 1710. The molecule has 0 saturated heterocycles. The summed E-state index contributed by atoms with van der Waals surface area (Å²) in [5, 5.41) is 12.3. The highest BCUT2D eigenvalue weighted by Crippen LogP contribution is 2.32. The Morgan fingerprint density at radius 3 is 2.54 bits per heavy atom. The quantitative estimate of drug-likeness (QED) is 0.243. The minimum atomic E-state index is 0.785. The van der Waals surface area contributed by atoms with Gasteiger partial charge in [-0.05, 0) is 55.8 Å². The van der Waals surface area contributed by atoms with Gasteiger partial charge in [-0.1, -0.05) is 43.0 Å². The molecule has 0 spiro atoms. The number of hydrogen-bond donors (Lipinski definition) is 2. The summed E-state index contributed by atoms with van der Waals surface area (Å²) in [5.74, 6) is 0.786. The van der Waals surface area contributed by atoms with Crippen molar-refractivity contribution in [3.8, 4) is 17.1 Å². The molecule has 0 bridgehead atoms. The SMILES string of the molecule is C=C(Nc1nn(-c2ccccc2)cc1C)c1ccc(Nc2nc(-c3cnc4ccccn34)c(C)s2)cc1. The van der Waals surface area contributed by atoms with Crippen molar-refractivity contribution in [2.45, 2.75) is 13.8 Å². The lowest BCUT2D eigenvalue weighted by molar-refractivity contribution is 0.884. The zero-order valence-corrected chi connectivity index (χ0v) is 21.3. The van der Waals surface area contributed by atoms with E-state index in [4.69, 9.17) is 4.98 Å². The van der Waals surface area contributed by atoms with Gasteiger partial charge in [0, 0.05) is 34.2 Å². The van der Waals surface area contributed by atoms with E-state index in [1.54, 1.807) is 11.3 Å². The van der Waals surface area contributed by atoms with Crippen molar-refractivity contribution in [1.82, 2.24) is 24.1 Å². The van der Waals surface area contributed by atoms with E-state index >= 15 is 0 Å². The third-order valence-corrected chi connectivity index (χ3v) is 7.01. The van der Waals surface area contributed by atoms with Crippen LogP contribution in [0.25, 0.3) is 28.4 Å². The number of aryl methyl sites for hydroxylation is 2.